The second-order valence-corrected chi connectivity index (χ2v) is 2.98. The van der Waals surface area contributed by atoms with E-state index in [1.165, 1.54) is 0 Å². The molecule has 1 unspecified atom stereocenters. The van der Waals surface area contributed by atoms with Crippen LogP contribution in [0.4, 0.5) is 8.78 Å². The van der Waals surface area contributed by atoms with Crippen LogP contribution >= 0.6 is 0 Å². The van der Waals surface area contributed by atoms with Crippen molar-refractivity contribution in [3.8, 4) is 0 Å². The molecule has 1 nitrogen and oxygen atoms in total. The Hall–Kier alpha value is -0.180. The van der Waals surface area contributed by atoms with Gasteiger partial charge in [0.05, 0.1) is 0 Å². The first kappa shape index (κ1) is 7.92. The van der Waals surface area contributed by atoms with Crippen LogP contribution < -0.4 is 0 Å². The van der Waals surface area contributed by atoms with E-state index in [4.69, 9.17) is 5.11 Å². The lowest BCUT2D eigenvalue weighted by Crippen LogP contribution is -2.42. The molecule has 1 saturated carbocycles. The highest BCUT2D eigenvalue weighted by molar-refractivity contribution is 4.86. The lowest BCUT2D eigenvalue weighted by atomic mass is 9.79. The molecule has 0 radical (unpaired) electrons. The number of rotatable bonds is 2. The Bertz CT molecular complexity index is 119. The molecule has 0 heterocycles. The van der Waals surface area contributed by atoms with Crippen LogP contribution in [0.25, 0.3) is 0 Å². The van der Waals surface area contributed by atoms with Crippen LogP contribution in [0.2, 0.25) is 0 Å². The van der Waals surface area contributed by atoms with Gasteiger partial charge in [0.25, 0.3) is 5.92 Å². The normalized spacial score (nSPS) is 24.0. The molecule has 0 aliphatic heterocycles. The van der Waals surface area contributed by atoms with Crippen molar-refractivity contribution in [2.24, 2.45) is 5.92 Å². The minimum Gasteiger partial charge on any atom is -0.387 e. The highest BCUT2D eigenvalue weighted by atomic mass is 19.3. The van der Waals surface area contributed by atoms with Gasteiger partial charge in [0.15, 0.2) is 0 Å². The van der Waals surface area contributed by atoms with Gasteiger partial charge >= 0.3 is 0 Å². The summed E-state index contributed by atoms with van der Waals surface area (Å²) in [5, 5.41) is 8.67. The third-order valence-electron chi connectivity index (χ3n) is 2.21. The van der Waals surface area contributed by atoms with Gasteiger partial charge in [0, 0.05) is 5.92 Å². The number of aliphatic hydroxyl groups excluding tert-OH is 1. The zero-order valence-electron chi connectivity index (χ0n) is 5.98. The van der Waals surface area contributed by atoms with E-state index in [9.17, 15) is 8.78 Å². The molecule has 0 aromatic heterocycles. The molecule has 1 aliphatic carbocycles. The molecular formula is C7H12F2O. The number of hydrogen-bond acceptors (Lipinski definition) is 1. The molecule has 3 heteroatoms. The molecule has 1 fully saturated rings. The van der Waals surface area contributed by atoms with Crippen molar-refractivity contribution in [3.63, 3.8) is 0 Å². The second-order valence-electron chi connectivity index (χ2n) is 2.98. The zero-order chi connectivity index (χ0) is 7.78. The minimum atomic E-state index is -2.85. The fraction of sp³-hybridized carbons (Fsp3) is 1.00. The summed E-state index contributed by atoms with van der Waals surface area (Å²) in [6.07, 6.45) is 0.528. The molecule has 0 saturated heterocycles. The molecule has 0 aromatic carbocycles. The Morgan fingerprint density at radius 1 is 1.50 bits per heavy atom. The molecule has 1 aliphatic rings. The number of hydrogen-bond donors (Lipinski definition) is 1. The van der Waals surface area contributed by atoms with E-state index in [0.29, 0.717) is 12.8 Å². The van der Waals surface area contributed by atoms with Gasteiger partial charge < -0.3 is 5.11 Å². The SMILES string of the molecule is CC(O)C(F)(F)C1CCC1. The molecule has 1 rings (SSSR count). The molecule has 1 atom stereocenters. The quantitative estimate of drug-likeness (QED) is 0.636. The van der Waals surface area contributed by atoms with Gasteiger partial charge in [-0.05, 0) is 19.8 Å². The van der Waals surface area contributed by atoms with E-state index in [-0.39, 0.29) is 0 Å². The molecule has 0 amide bonds. The lowest BCUT2D eigenvalue weighted by molar-refractivity contribution is -0.159. The molecule has 0 aromatic rings. The maximum absolute atomic E-state index is 12.7. The third kappa shape index (κ3) is 1.15. The summed E-state index contributed by atoms with van der Waals surface area (Å²) in [6.45, 7) is 1.15. The standard InChI is InChI=1S/C7H12F2O/c1-5(10)7(8,9)6-3-2-4-6/h5-6,10H,2-4H2,1H3. The predicted molar refractivity (Wildman–Crippen MR) is 34.0 cm³/mol. The van der Waals surface area contributed by atoms with Gasteiger partial charge in [-0.2, -0.15) is 0 Å². The topological polar surface area (TPSA) is 20.2 Å². The summed E-state index contributed by atoms with van der Waals surface area (Å²) in [5.74, 6) is -3.41. The summed E-state index contributed by atoms with van der Waals surface area (Å²) in [6, 6.07) is 0. The first-order chi connectivity index (χ1) is 4.55. The average Bonchev–Trinajstić information content (AvgIpc) is 1.57. The van der Waals surface area contributed by atoms with Crippen molar-refractivity contribution >= 4 is 0 Å². The summed E-state index contributed by atoms with van der Waals surface area (Å²) >= 11 is 0. The first-order valence-electron chi connectivity index (χ1n) is 3.61. The first-order valence-corrected chi connectivity index (χ1v) is 3.61. The summed E-state index contributed by atoms with van der Waals surface area (Å²) < 4.78 is 25.5. The predicted octanol–water partition coefficient (Wildman–Crippen LogP) is 1.80. The fourth-order valence-corrected chi connectivity index (χ4v) is 1.13. The van der Waals surface area contributed by atoms with Crippen LogP contribution in [0.15, 0.2) is 0 Å². The monoisotopic (exact) mass is 150 g/mol. The molecule has 0 bridgehead atoms. The number of aliphatic hydroxyl groups is 1. The number of halogens is 2. The van der Waals surface area contributed by atoms with Crippen molar-refractivity contribution in [2.45, 2.75) is 38.2 Å². The van der Waals surface area contributed by atoms with Gasteiger partial charge in [0.1, 0.15) is 6.10 Å². The Labute approximate surface area is 59.0 Å². The largest absolute Gasteiger partial charge is 0.387 e. The highest BCUT2D eigenvalue weighted by Gasteiger charge is 2.46. The molecule has 0 spiro atoms. The van der Waals surface area contributed by atoms with Crippen molar-refractivity contribution in [1.29, 1.82) is 0 Å². The lowest BCUT2D eigenvalue weighted by Gasteiger charge is -2.34. The van der Waals surface area contributed by atoms with Crippen LogP contribution in [0.1, 0.15) is 26.2 Å². The second kappa shape index (κ2) is 2.46. The molecule has 1 N–H and O–H groups in total. The smallest absolute Gasteiger partial charge is 0.275 e. The van der Waals surface area contributed by atoms with Crippen molar-refractivity contribution in [3.05, 3.63) is 0 Å². The van der Waals surface area contributed by atoms with Gasteiger partial charge in [-0.1, -0.05) is 6.42 Å². The van der Waals surface area contributed by atoms with Crippen LogP contribution in [0.3, 0.4) is 0 Å². The third-order valence-corrected chi connectivity index (χ3v) is 2.21. The maximum Gasteiger partial charge on any atom is 0.275 e. The Morgan fingerprint density at radius 3 is 2.10 bits per heavy atom. The van der Waals surface area contributed by atoms with Gasteiger partial charge in [-0.3, -0.25) is 0 Å². The van der Waals surface area contributed by atoms with E-state index < -0.39 is 17.9 Å². The Balaban J connectivity index is 2.48. The Kier molecular flexibility index (Phi) is 1.95. The van der Waals surface area contributed by atoms with E-state index in [0.717, 1.165) is 13.3 Å². The van der Waals surface area contributed by atoms with Crippen molar-refractivity contribution in [2.75, 3.05) is 0 Å². The van der Waals surface area contributed by atoms with Crippen LogP contribution in [0.5, 0.6) is 0 Å². The average molecular weight is 150 g/mol. The van der Waals surface area contributed by atoms with Crippen LogP contribution in [0, 0.1) is 5.92 Å². The maximum atomic E-state index is 12.7. The Morgan fingerprint density at radius 2 is 2.00 bits per heavy atom. The van der Waals surface area contributed by atoms with Crippen LogP contribution in [-0.2, 0) is 0 Å². The highest BCUT2D eigenvalue weighted by Crippen LogP contribution is 2.41. The van der Waals surface area contributed by atoms with Gasteiger partial charge in [-0.15, -0.1) is 0 Å². The van der Waals surface area contributed by atoms with Crippen molar-refractivity contribution in [1.82, 2.24) is 0 Å². The van der Waals surface area contributed by atoms with E-state index in [1.807, 2.05) is 0 Å². The molecule has 10 heavy (non-hydrogen) atoms. The summed E-state index contributed by atoms with van der Waals surface area (Å²) in [7, 11) is 0. The van der Waals surface area contributed by atoms with Crippen LogP contribution in [-0.4, -0.2) is 17.1 Å². The van der Waals surface area contributed by atoms with E-state index in [1.54, 1.807) is 0 Å². The molecular weight excluding hydrogens is 138 g/mol. The summed E-state index contributed by atoms with van der Waals surface area (Å²) in [4.78, 5) is 0. The zero-order valence-corrected chi connectivity index (χ0v) is 5.98. The van der Waals surface area contributed by atoms with Gasteiger partial charge in [-0.25, -0.2) is 8.78 Å². The minimum absolute atomic E-state index is 0.563. The fourth-order valence-electron chi connectivity index (χ4n) is 1.13. The summed E-state index contributed by atoms with van der Waals surface area (Å²) in [5.41, 5.74) is 0. The van der Waals surface area contributed by atoms with Crippen molar-refractivity contribution < 1.29 is 13.9 Å². The van der Waals surface area contributed by atoms with E-state index in [2.05, 4.69) is 0 Å². The van der Waals surface area contributed by atoms with E-state index >= 15 is 0 Å². The number of alkyl halides is 2. The van der Waals surface area contributed by atoms with Gasteiger partial charge in [0.2, 0.25) is 0 Å². The molecule has 60 valence electrons.